The highest BCUT2D eigenvalue weighted by molar-refractivity contribution is 4.88. The molecule has 0 bridgehead atoms. The van der Waals surface area contributed by atoms with E-state index in [2.05, 4.69) is 5.32 Å². The van der Waals surface area contributed by atoms with Gasteiger partial charge in [0, 0.05) is 25.4 Å². The first-order chi connectivity index (χ1) is 6.67. The van der Waals surface area contributed by atoms with Crippen molar-refractivity contribution in [2.24, 2.45) is 5.92 Å². The third-order valence-electron chi connectivity index (χ3n) is 3.63. The maximum atomic E-state index is 13.2. The summed E-state index contributed by atoms with van der Waals surface area (Å²) in [5.74, 6) is -1.90. The lowest BCUT2D eigenvalue weighted by Gasteiger charge is -2.37. The van der Waals surface area contributed by atoms with Crippen LogP contribution < -0.4 is 5.32 Å². The van der Waals surface area contributed by atoms with E-state index >= 15 is 0 Å². The van der Waals surface area contributed by atoms with Gasteiger partial charge in [-0.15, -0.1) is 0 Å². The molecule has 1 saturated carbocycles. The van der Waals surface area contributed by atoms with Crippen molar-refractivity contribution in [3.05, 3.63) is 0 Å². The second-order valence-electron chi connectivity index (χ2n) is 4.77. The van der Waals surface area contributed by atoms with Gasteiger partial charge in [-0.3, -0.25) is 0 Å². The lowest BCUT2D eigenvalue weighted by molar-refractivity contribution is -0.0505. The molecule has 1 saturated heterocycles. The quantitative estimate of drug-likeness (QED) is 0.691. The second-order valence-corrected chi connectivity index (χ2v) is 4.77. The zero-order valence-electron chi connectivity index (χ0n) is 8.57. The Kier molecular flexibility index (Phi) is 3.05. The van der Waals surface area contributed by atoms with Crippen molar-refractivity contribution in [2.75, 3.05) is 6.54 Å². The maximum absolute atomic E-state index is 13.2. The van der Waals surface area contributed by atoms with E-state index in [4.69, 9.17) is 0 Å². The topological polar surface area (TPSA) is 12.0 Å². The van der Waals surface area contributed by atoms with E-state index in [1.807, 2.05) is 0 Å². The largest absolute Gasteiger partial charge is 0.313 e. The normalized spacial score (nSPS) is 34.3. The fourth-order valence-corrected chi connectivity index (χ4v) is 2.81. The van der Waals surface area contributed by atoms with Gasteiger partial charge in [0.1, 0.15) is 0 Å². The minimum absolute atomic E-state index is 0.0240. The van der Waals surface area contributed by atoms with Crippen LogP contribution in [0.2, 0.25) is 0 Å². The summed E-state index contributed by atoms with van der Waals surface area (Å²) >= 11 is 0. The van der Waals surface area contributed by atoms with Crippen LogP contribution in [0.25, 0.3) is 0 Å². The summed E-state index contributed by atoms with van der Waals surface area (Å²) in [6, 6.07) is 0.0825. The molecule has 0 aromatic heterocycles. The molecule has 0 aromatic carbocycles. The predicted molar refractivity (Wildman–Crippen MR) is 52.5 cm³/mol. The van der Waals surface area contributed by atoms with Crippen molar-refractivity contribution in [1.82, 2.24) is 5.32 Å². The molecule has 1 atom stereocenters. The molecule has 1 N–H and O–H groups in total. The van der Waals surface area contributed by atoms with Crippen LogP contribution in [0.15, 0.2) is 0 Å². The highest BCUT2D eigenvalue weighted by Gasteiger charge is 2.39. The molecule has 82 valence electrons. The number of nitrogens with one attached hydrogen (secondary N) is 1. The van der Waals surface area contributed by atoms with Crippen LogP contribution in [0.1, 0.15) is 44.9 Å². The van der Waals surface area contributed by atoms with Gasteiger partial charge < -0.3 is 5.32 Å². The van der Waals surface area contributed by atoms with Crippen molar-refractivity contribution < 1.29 is 8.78 Å². The van der Waals surface area contributed by atoms with Gasteiger partial charge in [-0.2, -0.15) is 0 Å². The third kappa shape index (κ3) is 2.44. The molecule has 2 aliphatic rings. The highest BCUT2D eigenvalue weighted by atomic mass is 19.3. The molecule has 0 amide bonds. The molecule has 1 nitrogen and oxygen atoms in total. The van der Waals surface area contributed by atoms with E-state index < -0.39 is 5.92 Å². The van der Waals surface area contributed by atoms with Gasteiger partial charge in [-0.1, -0.05) is 19.3 Å². The highest BCUT2D eigenvalue weighted by Crippen LogP contribution is 2.35. The molecule has 0 radical (unpaired) electrons. The van der Waals surface area contributed by atoms with Crippen LogP contribution >= 0.6 is 0 Å². The van der Waals surface area contributed by atoms with Gasteiger partial charge in [0.15, 0.2) is 0 Å². The van der Waals surface area contributed by atoms with E-state index in [-0.39, 0.29) is 18.9 Å². The molecule has 1 aliphatic carbocycles. The van der Waals surface area contributed by atoms with E-state index in [1.165, 1.54) is 19.3 Å². The molecule has 1 aliphatic heterocycles. The molecule has 1 heterocycles. The number of halogens is 2. The Morgan fingerprint density at radius 3 is 2.43 bits per heavy atom. The summed E-state index contributed by atoms with van der Waals surface area (Å²) in [4.78, 5) is 0. The Bertz CT molecular complexity index is 188. The molecule has 2 fully saturated rings. The number of alkyl halides is 2. The zero-order chi connectivity index (χ0) is 10.0. The van der Waals surface area contributed by atoms with Gasteiger partial charge in [-0.05, 0) is 18.8 Å². The lowest BCUT2D eigenvalue weighted by Crippen LogP contribution is -2.47. The van der Waals surface area contributed by atoms with Gasteiger partial charge in [0.25, 0.3) is 5.92 Å². The Morgan fingerprint density at radius 1 is 1.07 bits per heavy atom. The number of piperidine rings is 1. The summed E-state index contributed by atoms with van der Waals surface area (Å²) in [6.45, 7) is 0.494. The fraction of sp³-hybridized carbons (Fsp3) is 1.00. The fourth-order valence-electron chi connectivity index (χ4n) is 2.81. The van der Waals surface area contributed by atoms with Gasteiger partial charge in [0.2, 0.25) is 0 Å². The average molecular weight is 203 g/mol. The van der Waals surface area contributed by atoms with Crippen LogP contribution in [0.3, 0.4) is 0 Å². The molecular formula is C11H19F2N. The van der Waals surface area contributed by atoms with Gasteiger partial charge in [0.05, 0.1) is 0 Å². The van der Waals surface area contributed by atoms with Crippen molar-refractivity contribution in [2.45, 2.75) is 56.9 Å². The standard InChI is InChI=1S/C11H19F2N/c12-11(13)6-7-14-10(8-11)9-4-2-1-3-5-9/h9-10,14H,1-8H2. The SMILES string of the molecule is FC1(F)CCNC(C2CCCCC2)C1. The maximum Gasteiger partial charge on any atom is 0.250 e. The van der Waals surface area contributed by atoms with Crippen LogP contribution in [-0.2, 0) is 0 Å². The van der Waals surface area contributed by atoms with Crippen LogP contribution in [0, 0.1) is 5.92 Å². The van der Waals surface area contributed by atoms with E-state index in [1.54, 1.807) is 0 Å². The van der Waals surface area contributed by atoms with E-state index in [0.717, 1.165) is 12.8 Å². The zero-order valence-corrected chi connectivity index (χ0v) is 8.57. The average Bonchev–Trinajstić information content (AvgIpc) is 2.18. The first-order valence-corrected chi connectivity index (χ1v) is 5.79. The summed E-state index contributed by atoms with van der Waals surface area (Å²) in [7, 11) is 0. The summed E-state index contributed by atoms with van der Waals surface area (Å²) in [5.41, 5.74) is 0. The number of hydrogen-bond donors (Lipinski definition) is 1. The van der Waals surface area contributed by atoms with Crippen LogP contribution in [-0.4, -0.2) is 18.5 Å². The monoisotopic (exact) mass is 203 g/mol. The lowest BCUT2D eigenvalue weighted by atomic mass is 9.80. The Labute approximate surface area is 84.3 Å². The second kappa shape index (κ2) is 4.13. The molecule has 1 unspecified atom stereocenters. The third-order valence-corrected chi connectivity index (χ3v) is 3.63. The predicted octanol–water partition coefficient (Wildman–Crippen LogP) is 2.95. The number of hydrogen-bond acceptors (Lipinski definition) is 1. The molecular weight excluding hydrogens is 184 g/mol. The van der Waals surface area contributed by atoms with Crippen molar-refractivity contribution >= 4 is 0 Å². The van der Waals surface area contributed by atoms with Crippen LogP contribution in [0.5, 0.6) is 0 Å². The molecule has 0 spiro atoms. The van der Waals surface area contributed by atoms with E-state index in [9.17, 15) is 8.78 Å². The summed E-state index contributed by atoms with van der Waals surface area (Å²) in [6.07, 6.45) is 6.14. The van der Waals surface area contributed by atoms with Crippen molar-refractivity contribution in [3.8, 4) is 0 Å². The first-order valence-electron chi connectivity index (χ1n) is 5.79. The first kappa shape index (κ1) is 10.3. The summed E-state index contributed by atoms with van der Waals surface area (Å²) < 4.78 is 26.3. The minimum Gasteiger partial charge on any atom is -0.313 e. The molecule has 0 aromatic rings. The number of rotatable bonds is 1. The Balaban J connectivity index is 1.89. The Morgan fingerprint density at radius 2 is 1.79 bits per heavy atom. The van der Waals surface area contributed by atoms with Crippen molar-refractivity contribution in [1.29, 1.82) is 0 Å². The molecule has 14 heavy (non-hydrogen) atoms. The summed E-state index contributed by atoms with van der Waals surface area (Å²) in [5, 5.41) is 3.26. The Hall–Kier alpha value is -0.180. The minimum atomic E-state index is -2.41. The molecule has 2 rings (SSSR count). The smallest absolute Gasteiger partial charge is 0.250 e. The van der Waals surface area contributed by atoms with E-state index in [0.29, 0.717) is 12.5 Å². The van der Waals surface area contributed by atoms with Gasteiger partial charge >= 0.3 is 0 Å². The van der Waals surface area contributed by atoms with Gasteiger partial charge in [-0.25, -0.2) is 8.78 Å². The molecule has 3 heteroatoms. The van der Waals surface area contributed by atoms with Crippen LogP contribution in [0.4, 0.5) is 8.78 Å². The van der Waals surface area contributed by atoms with Crippen molar-refractivity contribution in [3.63, 3.8) is 0 Å².